The summed E-state index contributed by atoms with van der Waals surface area (Å²) in [4.78, 5) is 10.8. The van der Waals surface area contributed by atoms with Crippen LogP contribution in [0.15, 0.2) is 12.2 Å². The highest BCUT2D eigenvalue weighted by Gasteiger charge is 2.85. The van der Waals surface area contributed by atoms with Gasteiger partial charge in [0, 0.05) is 5.57 Å². The van der Waals surface area contributed by atoms with Crippen molar-refractivity contribution in [2.75, 3.05) is 6.61 Å². The number of ether oxygens (including phenoxy) is 1. The molecule has 0 radical (unpaired) electrons. The van der Waals surface area contributed by atoms with Gasteiger partial charge in [-0.25, -0.2) is 9.18 Å². The first-order valence-electron chi connectivity index (χ1n) is 5.78. The van der Waals surface area contributed by atoms with Gasteiger partial charge < -0.3 is 4.74 Å². The zero-order valence-electron chi connectivity index (χ0n) is 11.8. The Morgan fingerprint density at radius 1 is 0.920 bits per heavy atom. The molecule has 0 heterocycles. The van der Waals surface area contributed by atoms with Crippen molar-refractivity contribution in [1.29, 1.82) is 0 Å². The molecule has 1 unspecified atom stereocenters. The van der Waals surface area contributed by atoms with E-state index in [-0.39, 0.29) is 0 Å². The van der Waals surface area contributed by atoms with Gasteiger partial charge in [-0.15, -0.1) is 0 Å². The molecule has 2 nitrogen and oxygen atoms in total. The van der Waals surface area contributed by atoms with Gasteiger partial charge in [0.05, 0.1) is 0 Å². The molecule has 0 saturated carbocycles. The summed E-state index contributed by atoms with van der Waals surface area (Å²) < 4.78 is 155. The van der Waals surface area contributed by atoms with Gasteiger partial charge in [0.15, 0.2) is 6.61 Å². The molecule has 0 aliphatic heterocycles. The fourth-order valence-corrected chi connectivity index (χ4v) is 1.17. The summed E-state index contributed by atoms with van der Waals surface area (Å²) in [5.41, 5.74) is -0.605. The summed E-state index contributed by atoms with van der Waals surface area (Å²) in [5.74, 6) is -29.7. The highest BCUT2D eigenvalue weighted by Crippen LogP contribution is 2.56. The van der Waals surface area contributed by atoms with E-state index in [4.69, 9.17) is 0 Å². The van der Waals surface area contributed by atoms with Gasteiger partial charge in [0.1, 0.15) is 0 Å². The lowest BCUT2D eigenvalue weighted by atomic mass is 9.96. The largest absolute Gasteiger partial charge is 0.460 e. The van der Waals surface area contributed by atoms with Crippen LogP contribution in [0.25, 0.3) is 0 Å². The lowest BCUT2D eigenvalue weighted by molar-refractivity contribution is -0.410. The molecule has 14 heteroatoms. The number of hydrogen-bond donors (Lipinski definition) is 0. The molecular formula is C11H8F12O2. The van der Waals surface area contributed by atoms with Gasteiger partial charge >= 0.3 is 35.8 Å². The zero-order chi connectivity index (χ0) is 20.6. The lowest BCUT2D eigenvalue weighted by Gasteiger charge is -2.36. The third-order valence-corrected chi connectivity index (χ3v) is 2.60. The van der Waals surface area contributed by atoms with Gasteiger partial charge in [-0.3, -0.25) is 0 Å². The number of esters is 1. The number of carbonyl (C=O) groups excluding carboxylic acids is 1. The Morgan fingerprint density at radius 3 is 1.64 bits per heavy atom. The highest BCUT2D eigenvalue weighted by atomic mass is 19.4. The van der Waals surface area contributed by atoms with E-state index in [1.54, 1.807) is 0 Å². The molecule has 0 N–H and O–H groups in total. The second-order valence-corrected chi connectivity index (χ2v) is 4.75. The van der Waals surface area contributed by atoms with Crippen LogP contribution in [0, 0.1) is 0 Å². The van der Waals surface area contributed by atoms with Crippen LogP contribution >= 0.6 is 0 Å². The second kappa shape index (κ2) is 6.59. The Kier molecular flexibility index (Phi) is 6.16. The Balaban J connectivity index is 5.68. The monoisotopic (exact) mass is 400 g/mol. The predicted molar refractivity (Wildman–Crippen MR) is 56.5 cm³/mol. The van der Waals surface area contributed by atoms with E-state index >= 15 is 0 Å². The molecular weight excluding hydrogens is 392 g/mol. The number of alkyl halides is 12. The lowest BCUT2D eigenvalue weighted by Crippen LogP contribution is -2.66. The van der Waals surface area contributed by atoms with E-state index < -0.39 is 54.2 Å². The summed E-state index contributed by atoms with van der Waals surface area (Å²) in [6.07, 6.45) is -12.8. The Labute approximate surface area is 131 Å². The molecule has 0 rings (SSSR count). The van der Waals surface area contributed by atoms with E-state index in [1.165, 1.54) is 0 Å². The van der Waals surface area contributed by atoms with Crippen LogP contribution < -0.4 is 0 Å². The maximum atomic E-state index is 13.1. The van der Waals surface area contributed by atoms with Crippen molar-refractivity contribution in [2.45, 2.75) is 43.0 Å². The van der Waals surface area contributed by atoms with E-state index in [2.05, 4.69) is 11.3 Å². The summed E-state index contributed by atoms with van der Waals surface area (Å²) in [5, 5.41) is 0. The topological polar surface area (TPSA) is 26.3 Å². The fraction of sp³-hybridized carbons (Fsp3) is 0.727. The zero-order valence-corrected chi connectivity index (χ0v) is 11.8. The molecule has 0 fully saturated rings. The summed E-state index contributed by atoms with van der Waals surface area (Å²) in [6.45, 7) is 1.07. The van der Waals surface area contributed by atoms with Crippen LogP contribution in [0.1, 0.15) is 6.92 Å². The summed E-state index contributed by atoms with van der Waals surface area (Å²) in [7, 11) is 0. The summed E-state index contributed by atoms with van der Waals surface area (Å²) in [6, 6.07) is 0. The Morgan fingerprint density at radius 2 is 1.32 bits per heavy atom. The maximum absolute atomic E-state index is 13.1. The first kappa shape index (κ1) is 23.4. The van der Waals surface area contributed by atoms with Crippen LogP contribution in [0.5, 0.6) is 0 Å². The van der Waals surface area contributed by atoms with Crippen LogP contribution in [0.3, 0.4) is 0 Å². The van der Waals surface area contributed by atoms with Crippen molar-refractivity contribution in [2.24, 2.45) is 0 Å². The van der Waals surface area contributed by atoms with Crippen molar-refractivity contribution in [3.8, 4) is 0 Å². The molecule has 0 aromatic carbocycles. The van der Waals surface area contributed by atoms with Gasteiger partial charge in [0.2, 0.25) is 6.17 Å². The average Bonchev–Trinajstić information content (AvgIpc) is 2.41. The van der Waals surface area contributed by atoms with Crippen molar-refractivity contribution in [3.05, 3.63) is 12.2 Å². The van der Waals surface area contributed by atoms with Gasteiger partial charge in [-0.2, -0.15) is 48.3 Å². The number of halogens is 12. The molecule has 0 aliphatic carbocycles. The first-order valence-corrected chi connectivity index (χ1v) is 5.78. The predicted octanol–water partition coefficient (Wildman–Crippen LogP) is 4.55. The molecule has 0 spiro atoms. The van der Waals surface area contributed by atoms with Gasteiger partial charge in [0.25, 0.3) is 0 Å². The van der Waals surface area contributed by atoms with E-state index in [0.717, 1.165) is 6.92 Å². The molecule has 0 saturated heterocycles. The maximum Gasteiger partial charge on any atom is 0.460 e. The Hall–Kier alpha value is -1.63. The molecule has 1 atom stereocenters. The molecule has 0 aromatic rings. The van der Waals surface area contributed by atoms with E-state index in [1.807, 2.05) is 0 Å². The molecule has 0 amide bonds. The highest BCUT2D eigenvalue weighted by molar-refractivity contribution is 5.86. The first-order chi connectivity index (χ1) is 10.7. The number of hydrogen-bond acceptors (Lipinski definition) is 2. The number of rotatable bonds is 7. The molecule has 0 aliphatic rings. The standard InChI is InChI=1S/C11H8F12O2/c1-4(2)5(24)25-3-7(13,14)6(12)8(15,16)9(17,18)10(19,20)11(21,22)23/h6H,1,3H2,2H3. The minimum Gasteiger partial charge on any atom is -0.456 e. The molecule has 25 heavy (non-hydrogen) atoms. The fourth-order valence-electron chi connectivity index (χ4n) is 1.17. The quantitative estimate of drug-likeness (QED) is 0.356. The van der Waals surface area contributed by atoms with Crippen LogP contribution in [-0.4, -0.2) is 48.6 Å². The molecule has 148 valence electrons. The van der Waals surface area contributed by atoms with Crippen LogP contribution in [0.2, 0.25) is 0 Å². The average molecular weight is 400 g/mol. The number of carbonyl (C=O) groups is 1. The minimum atomic E-state index is -7.57. The van der Waals surface area contributed by atoms with Gasteiger partial charge in [-0.05, 0) is 6.92 Å². The van der Waals surface area contributed by atoms with Crippen LogP contribution in [-0.2, 0) is 9.53 Å². The van der Waals surface area contributed by atoms with Gasteiger partial charge in [-0.1, -0.05) is 6.58 Å². The smallest absolute Gasteiger partial charge is 0.456 e. The SMILES string of the molecule is C=C(C)C(=O)OCC(F)(F)C(F)C(F)(F)C(F)(F)C(F)(F)C(F)(F)F. The van der Waals surface area contributed by atoms with Crippen molar-refractivity contribution in [1.82, 2.24) is 0 Å². The van der Waals surface area contributed by atoms with E-state index in [9.17, 15) is 57.5 Å². The van der Waals surface area contributed by atoms with E-state index in [0.29, 0.717) is 0 Å². The van der Waals surface area contributed by atoms with Crippen molar-refractivity contribution < 1.29 is 62.2 Å². The third-order valence-electron chi connectivity index (χ3n) is 2.60. The van der Waals surface area contributed by atoms with Crippen molar-refractivity contribution >= 4 is 5.97 Å². The minimum absolute atomic E-state index is 0.605. The molecule has 0 bridgehead atoms. The Bertz CT molecular complexity index is 522. The molecule has 0 aromatic heterocycles. The second-order valence-electron chi connectivity index (χ2n) is 4.75. The van der Waals surface area contributed by atoms with Crippen molar-refractivity contribution in [3.63, 3.8) is 0 Å². The van der Waals surface area contributed by atoms with Crippen LogP contribution in [0.4, 0.5) is 52.7 Å². The summed E-state index contributed by atoms with van der Waals surface area (Å²) >= 11 is 0. The third kappa shape index (κ3) is 4.14. The normalized spacial score (nSPS) is 15.7.